The van der Waals surface area contributed by atoms with Crippen LogP contribution < -0.4 is 0 Å². The third-order valence-electron chi connectivity index (χ3n) is 2.46. The second kappa shape index (κ2) is 3.75. The Morgan fingerprint density at radius 2 is 2.15 bits per heavy atom. The lowest BCUT2D eigenvalue weighted by atomic mass is 9.99. The van der Waals surface area contributed by atoms with E-state index in [1.165, 1.54) is 0 Å². The van der Waals surface area contributed by atoms with Crippen molar-refractivity contribution in [3.63, 3.8) is 0 Å². The predicted octanol–water partition coefficient (Wildman–Crippen LogP) is 1.35. The van der Waals surface area contributed by atoms with Crippen LogP contribution in [0.2, 0.25) is 0 Å². The van der Waals surface area contributed by atoms with Crippen molar-refractivity contribution in [2.24, 2.45) is 5.92 Å². The molecule has 0 saturated carbocycles. The number of carbonyl (C=O) groups excluding carboxylic acids is 1. The zero-order valence-electron chi connectivity index (χ0n) is 7.87. The molecule has 2 N–H and O–H groups in total. The van der Waals surface area contributed by atoms with E-state index in [0.29, 0.717) is 17.6 Å². The summed E-state index contributed by atoms with van der Waals surface area (Å²) in [4.78, 5) is 11.4. The van der Waals surface area contributed by atoms with Gasteiger partial charge in [-0.2, -0.15) is 0 Å². The number of ketones is 1. The molecule has 0 aliphatic heterocycles. The lowest BCUT2D eigenvalue weighted by Gasteiger charge is -2.04. The molecule has 0 aromatic rings. The van der Waals surface area contributed by atoms with E-state index in [1.54, 1.807) is 13.0 Å². The third-order valence-corrected chi connectivity index (χ3v) is 2.46. The van der Waals surface area contributed by atoms with E-state index in [1.807, 2.05) is 6.92 Å². The van der Waals surface area contributed by atoms with E-state index in [2.05, 4.69) is 0 Å². The Morgan fingerprint density at radius 3 is 2.54 bits per heavy atom. The molecule has 1 rings (SSSR count). The summed E-state index contributed by atoms with van der Waals surface area (Å²) in [5, 5.41) is 17.9. The Hall–Kier alpha value is -1.09. The van der Waals surface area contributed by atoms with Crippen molar-refractivity contribution in [1.29, 1.82) is 0 Å². The van der Waals surface area contributed by atoms with Crippen LogP contribution in [0.4, 0.5) is 0 Å². The first-order valence-electron chi connectivity index (χ1n) is 4.35. The Labute approximate surface area is 77.4 Å². The Morgan fingerprint density at radius 1 is 1.54 bits per heavy atom. The monoisotopic (exact) mass is 182 g/mol. The first-order chi connectivity index (χ1) is 6.09. The minimum Gasteiger partial charge on any atom is -0.504 e. The molecule has 1 unspecified atom stereocenters. The molecule has 1 atom stereocenters. The molecular formula is C10H14O3. The number of hydrogen-bond donors (Lipinski definition) is 2. The van der Waals surface area contributed by atoms with Crippen LogP contribution in [0, 0.1) is 5.92 Å². The number of Topliss-reactive ketones (excluding diaryl/α,β-unsaturated/α-hetero) is 1. The van der Waals surface area contributed by atoms with Crippen LogP contribution >= 0.6 is 0 Å². The minimum absolute atomic E-state index is 0.0148. The molecule has 3 nitrogen and oxygen atoms in total. The largest absolute Gasteiger partial charge is 0.504 e. The number of rotatable bonds is 2. The van der Waals surface area contributed by atoms with Gasteiger partial charge in [0.2, 0.25) is 5.78 Å². The highest BCUT2D eigenvalue weighted by Crippen LogP contribution is 2.31. The Bertz CT molecular complexity index is 287. The van der Waals surface area contributed by atoms with Crippen molar-refractivity contribution in [2.75, 3.05) is 6.61 Å². The fourth-order valence-electron chi connectivity index (χ4n) is 1.44. The van der Waals surface area contributed by atoms with Crippen LogP contribution in [0.25, 0.3) is 0 Å². The molecule has 1 aliphatic rings. The van der Waals surface area contributed by atoms with Gasteiger partial charge in [0.05, 0.1) is 0 Å². The van der Waals surface area contributed by atoms with Gasteiger partial charge in [0, 0.05) is 18.1 Å². The predicted molar refractivity (Wildman–Crippen MR) is 49.3 cm³/mol. The highest BCUT2D eigenvalue weighted by molar-refractivity contribution is 6.10. The van der Waals surface area contributed by atoms with Gasteiger partial charge in [-0.05, 0) is 18.9 Å². The van der Waals surface area contributed by atoms with Crippen molar-refractivity contribution in [2.45, 2.75) is 20.3 Å². The summed E-state index contributed by atoms with van der Waals surface area (Å²) in [6, 6.07) is 0. The SMILES string of the molecule is CC1=C(O)C(=O)/C(=C/CCO)C1C. The summed E-state index contributed by atoms with van der Waals surface area (Å²) in [5.74, 6) is -0.436. The minimum atomic E-state index is -0.293. The van der Waals surface area contributed by atoms with Gasteiger partial charge in [-0.1, -0.05) is 13.0 Å². The Balaban J connectivity index is 2.90. The van der Waals surface area contributed by atoms with E-state index in [0.717, 1.165) is 0 Å². The first kappa shape index (κ1) is 9.99. The van der Waals surface area contributed by atoms with E-state index < -0.39 is 0 Å². The average molecular weight is 182 g/mol. The molecule has 72 valence electrons. The van der Waals surface area contributed by atoms with Gasteiger partial charge < -0.3 is 10.2 Å². The van der Waals surface area contributed by atoms with Gasteiger partial charge in [0.15, 0.2) is 5.76 Å². The van der Waals surface area contributed by atoms with Gasteiger partial charge in [-0.15, -0.1) is 0 Å². The van der Waals surface area contributed by atoms with Gasteiger partial charge >= 0.3 is 0 Å². The molecule has 0 aromatic heterocycles. The second-order valence-corrected chi connectivity index (χ2v) is 3.25. The maximum absolute atomic E-state index is 11.4. The molecule has 1 aliphatic carbocycles. The van der Waals surface area contributed by atoms with Crippen molar-refractivity contribution in [3.8, 4) is 0 Å². The van der Waals surface area contributed by atoms with Crippen LogP contribution in [0.5, 0.6) is 0 Å². The maximum atomic E-state index is 11.4. The second-order valence-electron chi connectivity index (χ2n) is 3.25. The standard InChI is InChI=1S/C10H14O3/c1-6-7(2)9(12)10(13)8(6)4-3-5-11/h4,6,11-12H,3,5H2,1-2H3/b8-4+. The molecule has 0 radical (unpaired) electrons. The molecule has 0 heterocycles. The number of carbonyl (C=O) groups is 1. The molecule has 13 heavy (non-hydrogen) atoms. The molecule has 0 saturated heterocycles. The zero-order chi connectivity index (χ0) is 10.0. The summed E-state index contributed by atoms with van der Waals surface area (Å²) >= 11 is 0. The Kier molecular flexibility index (Phi) is 2.88. The van der Waals surface area contributed by atoms with E-state index in [-0.39, 0.29) is 24.1 Å². The van der Waals surface area contributed by atoms with Crippen molar-refractivity contribution >= 4 is 5.78 Å². The van der Waals surface area contributed by atoms with Gasteiger partial charge in [0.25, 0.3) is 0 Å². The molecule has 0 amide bonds. The fourth-order valence-corrected chi connectivity index (χ4v) is 1.44. The van der Waals surface area contributed by atoms with Gasteiger partial charge in [0.1, 0.15) is 0 Å². The van der Waals surface area contributed by atoms with Crippen molar-refractivity contribution in [1.82, 2.24) is 0 Å². The molecular weight excluding hydrogens is 168 g/mol. The van der Waals surface area contributed by atoms with E-state index in [9.17, 15) is 9.90 Å². The average Bonchev–Trinajstić information content (AvgIpc) is 2.30. The molecule has 0 bridgehead atoms. The number of hydrogen-bond acceptors (Lipinski definition) is 3. The van der Waals surface area contributed by atoms with Crippen molar-refractivity contribution in [3.05, 3.63) is 23.0 Å². The highest BCUT2D eigenvalue weighted by atomic mass is 16.3. The van der Waals surface area contributed by atoms with Crippen LogP contribution in [-0.2, 0) is 4.79 Å². The van der Waals surface area contributed by atoms with Crippen LogP contribution in [0.3, 0.4) is 0 Å². The summed E-state index contributed by atoms with van der Waals surface area (Å²) in [7, 11) is 0. The van der Waals surface area contributed by atoms with Crippen LogP contribution in [-0.4, -0.2) is 22.6 Å². The third kappa shape index (κ3) is 1.65. The number of allylic oxidation sites excluding steroid dienone is 2. The maximum Gasteiger partial charge on any atom is 0.223 e. The van der Waals surface area contributed by atoms with Crippen molar-refractivity contribution < 1.29 is 15.0 Å². The van der Waals surface area contributed by atoms with Gasteiger partial charge in [-0.25, -0.2) is 0 Å². The molecule has 3 heteroatoms. The quantitative estimate of drug-likeness (QED) is 0.634. The lowest BCUT2D eigenvalue weighted by Crippen LogP contribution is -2.02. The summed E-state index contributed by atoms with van der Waals surface area (Å²) in [5.41, 5.74) is 1.32. The first-order valence-corrected chi connectivity index (χ1v) is 4.35. The smallest absolute Gasteiger partial charge is 0.223 e. The fraction of sp³-hybridized carbons (Fsp3) is 0.500. The summed E-state index contributed by atoms with van der Waals surface area (Å²) in [6.45, 7) is 3.65. The number of aliphatic hydroxyl groups excluding tert-OH is 2. The zero-order valence-corrected chi connectivity index (χ0v) is 7.87. The lowest BCUT2D eigenvalue weighted by molar-refractivity contribution is -0.114. The summed E-state index contributed by atoms with van der Waals surface area (Å²) < 4.78 is 0. The van der Waals surface area contributed by atoms with Gasteiger partial charge in [-0.3, -0.25) is 4.79 Å². The number of aliphatic hydroxyl groups is 2. The van der Waals surface area contributed by atoms with Crippen LogP contribution in [0.1, 0.15) is 20.3 Å². The summed E-state index contributed by atoms with van der Waals surface area (Å²) in [6.07, 6.45) is 2.16. The molecule has 0 fully saturated rings. The normalized spacial score (nSPS) is 26.2. The van der Waals surface area contributed by atoms with E-state index >= 15 is 0 Å². The topological polar surface area (TPSA) is 57.5 Å². The van der Waals surface area contributed by atoms with Crippen LogP contribution in [0.15, 0.2) is 23.0 Å². The molecule has 0 aromatic carbocycles. The highest BCUT2D eigenvalue weighted by Gasteiger charge is 2.31. The van der Waals surface area contributed by atoms with E-state index in [4.69, 9.17) is 5.11 Å². The molecule has 0 spiro atoms.